The molecule has 0 bridgehead atoms. The van der Waals surface area contributed by atoms with Gasteiger partial charge in [0.15, 0.2) is 0 Å². The van der Waals surface area contributed by atoms with Crippen molar-refractivity contribution in [3.8, 4) is 11.4 Å². The minimum atomic E-state index is -0.282. The molecular formula is C12H14N2O2S. The Labute approximate surface area is 104 Å². The average Bonchev–Trinajstić information content (AvgIpc) is 2.87. The first-order valence-electron chi connectivity index (χ1n) is 5.50. The third-order valence-electron chi connectivity index (χ3n) is 2.74. The van der Waals surface area contributed by atoms with Gasteiger partial charge in [-0.3, -0.25) is 4.79 Å². The SMILES string of the molecule is CCC(C(C)=O)c1nc(-c2cscc2C)no1. The van der Waals surface area contributed by atoms with Gasteiger partial charge in [-0.15, -0.1) is 0 Å². The van der Waals surface area contributed by atoms with Crippen LogP contribution in [0.1, 0.15) is 37.6 Å². The lowest BCUT2D eigenvalue weighted by atomic mass is 10.0. The number of hydrogen-bond donors (Lipinski definition) is 0. The van der Waals surface area contributed by atoms with Crippen molar-refractivity contribution < 1.29 is 9.32 Å². The first kappa shape index (κ1) is 12.0. The highest BCUT2D eigenvalue weighted by molar-refractivity contribution is 7.08. The third kappa shape index (κ3) is 2.29. The Bertz CT molecular complexity index is 530. The maximum atomic E-state index is 11.4. The Balaban J connectivity index is 2.33. The van der Waals surface area contributed by atoms with Crippen molar-refractivity contribution in [3.63, 3.8) is 0 Å². The second kappa shape index (κ2) is 4.79. The van der Waals surface area contributed by atoms with Gasteiger partial charge >= 0.3 is 0 Å². The van der Waals surface area contributed by atoms with E-state index in [1.54, 1.807) is 18.3 Å². The highest BCUT2D eigenvalue weighted by atomic mass is 32.1. The Hall–Kier alpha value is -1.49. The molecule has 0 aliphatic rings. The van der Waals surface area contributed by atoms with E-state index in [0.29, 0.717) is 18.1 Å². The van der Waals surface area contributed by atoms with E-state index >= 15 is 0 Å². The summed E-state index contributed by atoms with van der Waals surface area (Å²) < 4.78 is 5.18. The van der Waals surface area contributed by atoms with Crippen molar-refractivity contribution >= 4 is 17.1 Å². The topological polar surface area (TPSA) is 56.0 Å². The van der Waals surface area contributed by atoms with Crippen LogP contribution in [-0.4, -0.2) is 15.9 Å². The molecule has 2 aromatic heterocycles. The van der Waals surface area contributed by atoms with Gasteiger partial charge in [0.05, 0.1) is 5.92 Å². The van der Waals surface area contributed by atoms with E-state index in [1.807, 2.05) is 24.6 Å². The molecule has 0 fully saturated rings. The van der Waals surface area contributed by atoms with Crippen LogP contribution in [0.4, 0.5) is 0 Å². The summed E-state index contributed by atoms with van der Waals surface area (Å²) in [7, 11) is 0. The number of carbonyl (C=O) groups excluding carboxylic acids is 1. The fraction of sp³-hybridized carbons (Fsp3) is 0.417. The van der Waals surface area contributed by atoms with E-state index in [0.717, 1.165) is 11.1 Å². The van der Waals surface area contributed by atoms with E-state index in [4.69, 9.17) is 4.52 Å². The van der Waals surface area contributed by atoms with Crippen molar-refractivity contribution in [2.24, 2.45) is 0 Å². The molecule has 0 saturated carbocycles. The Morgan fingerprint density at radius 1 is 1.53 bits per heavy atom. The highest BCUT2D eigenvalue weighted by Gasteiger charge is 2.22. The smallest absolute Gasteiger partial charge is 0.237 e. The van der Waals surface area contributed by atoms with Gasteiger partial charge in [-0.2, -0.15) is 16.3 Å². The second-order valence-corrected chi connectivity index (χ2v) is 4.74. The van der Waals surface area contributed by atoms with E-state index < -0.39 is 0 Å². The molecule has 0 amide bonds. The lowest BCUT2D eigenvalue weighted by Crippen LogP contribution is -2.07. The molecule has 2 rings (SSSR count). The Morgan fingerprint density at radius 2 is 2.29 bits per heavy atom. The van der Waals surface area contributed by atoms with Gasteiger partial charge < -0.3 is 4.52 Å². The van der Waals surface area contributed by atoms with E-state index in [2.05, 4.69) is 10.1 Å². The molecule has 17 heavy (non-hydrogen) atoms. The number of ketones is 1. The molecular weight excluding hydrogens is 236 g/mol. The molecule has 0 spiro atoms. The molecule has 0 aliphatic heterocycles. The van der Waals surface area contributed by atoms with Gasteiger partial charge in [-0.1, -0.05) is 12.1 Å². The Morgan fingerprint density at radius 3 is 2.82 bits per heavy atom. The van der Waals surface area contributed by atoms with E-state index in [9.17, 15) is 4.79 Å². The Kier molecular flexibility index (Phi) is 3.38. The zero-order chi connectivity index (χ0) is 12.4. The summed E-state index contributed by atoms with van der Waals surface area (Å²) in [6.07, 6.45) is 0.680. The maximum absolute atomic E-state index is 11.4. The molecule has 0 saturated heterocycles. The van der Waals surface area contributed by atoms with Crippen LogP contribution < -0.4 is 0 Å². The number of aromatic nitrogens is 2. The van der Waals surface area contributed by atoms with Crippen LogP contribution in [0.3, 0.4) is 0 Å². The summed E-state index contributed by atoms with van der Waals surface area (Å²) in [4.78, 5) is 15.7. The van der Waals surface area contributed by atoms with Crippen molar-refractivity contribution in [1.82, 2.24) is 10.1 Å². The van der Waals surface area contributed by atoms with Gasteiger partial charge in [0.25, 0.3) is 0 Å². The second-order valence-electron chi connectivity index (χ2n) is 4.00. The fourth-order valence-electron chi connectivity index (χ4n) is 1.71. The molecule has 4 nitrogen and oxygen atoms in total. The molecule has 1 atom stereocenters. The molecule has 5 heteroatoms. The zero-order valence-corrected chi connectivity index (χ0v) is 10.9. The first-order valence-corrected chi connectivity index (χ1v) is 6.45. The molecule has 0 aromatic carbocycles. The van der Waals surface area contributed by atoms with Crippen molar-refractivity contribution in [2.75, 3.05) is 0 Å². The lowest BCUT2D eigenvalue weighted by molar-refractivity contribution is -0.119. The van der Waals surface area contributed by atoms with Crippen molar-refractivity contribution in [1.29, 1.82) is 0 Å². The van der Waals surface area contributed by atoms with Crippen LogP contribution in [-0.2, 0) is 4.79 Å². The van der Waals surface area contributed by atoms with Crippen LogP contribution in [0.5, 0.6) is 0 Å². The standard InChI is InChI=1S/C12H14N2O2S/c1-4-9(8(3)15)12-13-11(14-16-12)10-6-17-5-7(10)2/h5-6,9H,4H2,1-3H3. The summed E-state index contributed by atoms with van der Waals surface area (Å²) in [5, 5.41) is 7.96. The van der Waals surface area contributed by atoms with Crippen LogP contribution in [0.25, 0.3) is 11.4 Å². The predicted octanol–water partition coefficient (Wildman–Crippen LogP) is 3.19. The summed E-state index contributed by atoms with van der Waals surface area (Å²) >= 11 is 1.60. The third-order valence-corrected chi connectivity index (χ3v) is 3.60. The molecule has 1 unspecified atom stereocenters. The van der Waals surface area contributed by atoms with Crippen LogP contribution in [0, 0.1) is 6.92 Å². The monoisotopic (exact) mass is 250 g/mol. The number of nitrogens with zero attached hydrogens (tertiary/aromatic N) is 2. The van der Waals surface area contributed by atoms with Gasteiger partial charge in [0, 0.05) is 10.9 Å². The van der Waals surface area contributed by atoms with Gasteiger partial charge in [0.1, 0.15) is 5.78 Å². The van der Waals surface area contributed by atoms with Gasteiger partial charge in [-0.05, 0) is 31.2 Å². The van der Waals surface area contributed by atoms with Crippen LogP contribution in [0.15, 0.2) is 15.3 Å². The van der Waals surface area contributed by atoms with Crippen LogP contribution >= 0.6 is 11.3 Å². The lowest BCUT2D eigenvalue weighted by Gasteiger charge is -2.03. The summed E-state index contributed by atoms with van der Waals surface area (Å²) in [6, 6.07) is 0. The molecule has 0 N–H and O–H groups in total. The van der Waals surface area contributed by atoms with Gasteiger partial charge in [-0.25, -0.2) is 0 Å². The van der Waals surface area contributed by atoms with Crippen molar-refractivity contribution in [3.05, 3.63) is 22.2 Å². The number of Topliss-reactive ketones (excluding diaryl/α,β-unsaturated/α-hetero) is 1. The summed E-state index contributed by atoms with van der Waals surface area (Å²) in [5.41, 5.74) is 2.10. The number of carbonyl (C=O) groups is 1. The first-order chi connectivity index (χ1) is 8.13. The van der Waals surface area contributed by atoms with E-state index in [-0.39, 0.29) is 11.7 Å². The summed E-state index contributed by atoms with van der Waals surface area (Å²) in [5.74, 6) is 0.763. The molecule has 90 valence electrons. The number of thiophene rings is 1. The number of hydrogen-bond acceptors (Lipinski definition) is 5. The normalized spacial score (nSPS) is 12.6. The number of aryl methyl sites for hydroxylation is 1. The van der Waals surface area contributed by atoms with Gasteiger partial charge in [0.2, 0.25) is 11.7 Å². The predicted molar refractivity (Wildman–Crippen MR) is 66.1 cm³/mol. The van der Waals surface area contributed by atoms with E-state index in [1.165, 1.54) is 0 Å². The number of rotatable bonds is 4. The van der Waals surface area contributed by atoms with Crippen molar-refractivity contribution in [2.45, 2.75) is 33.1 Å². The molecule has 0 aliphatic carbocycles. The minimum absolute atomic E-state index is 0.0599. The quantitative estimate of drug-likeness (QED) is 0.836. The average molecular weight is 250 g/mol. The minimum Gasteiger partial charge on any atom is -0.338 e. The summed E-state index contributed by atoms with van der Waals surface area (Å²) in [6.45, 7) is 5.49. The molecule has 2 heterocycles. The molecule has 2 aromatic rings. The van der Waals surface area contributed by atoms with Crippen LogP contribution in [0.2, 0.25) is 0 Å². The molecule has 0 radical (unpaired) electrons. The highest BCUT2D eigenvalue weighted by Crippen LogP contribution is 2.26. The maximum Gasteiger partial charge on any atom is 0.237 e. The fourth-order valence-corrected chi connectivity index (χ4v) is 2.54. The zero-order valence-electron chi connectivity index (χ0n) is 10.1. The largest absolute Gasteiger partial charge is 0.338 e.